The van der Waals surface area contributed by atoms with E-state index in [1.807, 2.05) is 0 Å². The molecule has 1 N–H and O–H groups in total. The summed E-state index contributed by atoms with van der Waals surface area (Å²) in [5.41, 5.74) is 0.767. The Hall–Kier alpha value is -0.0800. The molecule has 4 fully saturated rings. The normalized spacial score (nSPS) is 40.0. The van der Waals surface area contributed by atoms with E-state index in [1.165, 1.54) is 64.6 Å². The van der Waals surface area contributed by atoms with Crippen molar-refractivity contribution in [3.63, 3.8) is 0 Å². The lowest BCUT2D eigenvalue weighted by atomic mass is 9.73. The van der Waals surface area contributed by atoms with Crippen LogP contribution >= 0.6 is 0 Å². The Kier molecular flexibility index (Phi) is 3.38. The highest BCUT2D eigenvalue weighted by Crippen LogP contribution is 2.61. The lowest BCUT2D eigenvalue weighted by Gasteiger charge is -2.49. The molecule has 3 aliphatic carbocycles. The van der Waals surface area contributed by atoms with E-state index in [2.05, 4.69) is 24.1 Å². The first-order chi connectivity index (χ1) is 9.68. The maximum Gasteiger partial charge on any atom is 0.0148 e. The van der Waals surface area contributed by atoms with Crippen LogP contribution in [0.1, 0.15) is 58.8 Å². The molecule has 2 heteroatoms. The Bertz CT molecular complexity index is 342. The molecular formula is C18H32N2. The summed E-state index contributed by atoms with van der Waals surface area (Å²) >= 11 is 0. The molecule has 20 heavy (non-hydrogen) atoms. The van der Waals surface area contributed by atoms with Crippen molar-refractivity contribution in [1.82, 2.24) is 10.2 Å². The average molecular weight is 276 g/mol. The molecule has 1 aliphatic heterocycles. The lowest BCUT2D eigenvalue weighted by Crippen LogP contribution is -2.59. The monoisotopic (exact) mass is 276 g/mol. The first kappa shape index (κ1) is 13.6. The van der Waals surface area contributed by atoms with Gasteiger partial charge in [0.25, 0.3) is 0 Å². The van der Waals surface area contributed by atoms with E-state index < -0.39 is 0 Å². The quantitative estimate of drug-likeness (QED) is 0.829. The second-order valence-electron chi connectivity index (χ2n) is 8.54. The molecule has 114 valence electrons. The molecule has 4 aliphatic rings. The molecule has 0 aromatic rings. The maximum absolute atomic E-state index is 4.08. The van der Waals surface area contributed by atoms with Gasteiger partial charge < -0.3 is 10.2 Å². The molecule has 0 radical (unpaired) electrons. The van der Waals surface area contributed by atoms with Crippen molar-refractivity contribution in [2.24, 2.45) is 23.2 Å². The molecule has 3 saturated carbocycles. The third-order valence-corrected chi connectivity index (χ3v) is 6.86. The summed E-state index contributed by atoms with van der Waals surface area (Å²) in [7, 11) is 0. The van der Waals surface area contributed by atoms with E-state index >= 15 is 0 Å². The van der Waals surface area contributed by atoms with Crippen LogP contribution in [0.3, 0.4) is 0 Å². The molecule has 0 spiro atoms. The van der Waals surface area contributed by atoms with Crippen LogP contribution in [0.4, 0.5) is 0 Å². The second-order valence-corrected chi connectivity index (χ2v) is 8.54. The van der Waals surface area contributed by atoms with Crippen LogP contribution in [0.15, 0.2) is 0 Å². The molecule has 2 atom stereocenters. The fraction of sp³-hybridized carbons (Fsp3) is 1.00. The van der Waals surface area contributed by atoms with E-state index in [0.717, 1.165) is 35.3 Å². The minimum Gasteiger partial charge on any atom is -0.313 e. The number of hydrogen-bond acceptors (Lipinski definition) is 2. The summed E-state index contributed by atoms with van der Waals surface area (Å²) in [5.74, 6) is 2.96. The van der Waals surface area contributed by atoms with E-state index in [1.54, 1.807) is 0 Å². The van der Waals surface area contributed by atoms with Crippen molar-refractivity contribution in [3.05, 3.63) is 0 Å². The highest BCUT2D eigenvalue weighted by Gasteiger charge is 2.54. The van der Waals surface area contributed by atoms with Crippen LogP contribution in [-0.4, -0.2) is 36.6 Å². The van der Waals surface area contributed by atoms with Crippen molar-refractivity contribution in [3.8, 4) is 0 Å². The predicted octanol–water partition coefficient (Wildman–Crippen LogP) is 3.28. The number of nitrogens with one attached hydrogen (secondary N) is 1. The third kappa shape index (κ3) is 2.43. The Labute approximate surface area is 124 Å². The molecule has 1 heterocycles. The summed E-state index contributed by atoms with van der Waals surface area (Å²) < 4.78 is 0. The van der Waals surface area contributed by atoms with Crippen molar-refractivity contribution in [2.45, 2.75) is 70.9 Å². The number of fused-ring (bicyclic) bond motifs is 2. The fourth-order valence-corrected chi connectivity index (χ4v) is 5.13. The smallest absolute Gasteiger partial charge is 0.0148 e. The van der Waals surface area contributed by atoms with E-state index in [4.69, 9.17) is 0 Å². The summed E-state index contributed by atoms with van der Waals surface area (Å²) in [6, 6.07) is 1.58. The summed E-state index contributed by atoms with van der Waals surface area (Å²) in [5, 5.41) is 4.08. The Morgan fingerprint density at radius 1 is 1.05 bits per heavy atom. The Balaban J connectivity index is 1.38. The standard InChI is InChI=1S/C18H32N2/c1-13(2)20-10-14-4-3-5-15(11-20)17(14)19-12-18(8-9-18)16-6-7-16/h13-17,19H,3-12H2,1-2H3. The fourth-order valence-electron chi connectivity index (χ4n) is 5.13. The Morgan fingerprint density at radius 2 is 1.70 bits per heavy atom. The zero-order chi connectivity index (χ0) is 13.7. The molecule has 1 saturated heterocycles. The van der Waals surface area contributed by atoms with Crippen molar-refractivity contribution >= 4 is 0 Å². The topological polar surface area (TPSA) is 15.3 Å². The number of piperidine rings is 1. The second kappa shape index (κ2) is 4.98. The number of likely N-dealkylation sites (tertiary alicyclic amines) is 1. The minimum absolute atomic E-state index is 0.736. The molecule has 2 nitrogen and oxygen atoms in total. The zero-order valence-electron chi connectivity index (χ0n) is 13.4. The van der Waals surface area contributed by atoms with Crippen LogP contribution in [-0.2, 0) is 0 Å². The van der Waals surface area contributed by atoms with Crippen LogP contribution in [0.2, 0.25) is 0 Å². The van der Waals surface area contributed by atoms with E-state index in [0.29, 0.717) is 0 Å². The van der Waals surface area contributed by atoms with Gasteiger partial charge in [0, 0.05) is 31.7 Å². The van der Waals surface area contributed by atoms with Gasteiger partial charge in [-0.25, -0.2) is 0 Å². The van der Waals surface area contributed by atoms with Crippen LogP contribution in [0.5, 0.6) is 0 Å². The summed E-state index contributed by atoms with van der Waals surface area (Å²) in [6.07, 6.45) is 10.5. The van der Waals surface area contributed by atoms with Gasteiger partial charge in [-0.1, -0.05) is 6.42 Å². The highest BCUT2D eigenvalue weighted by molar-refractivity contribution is 5.06. The molecule has 4 rings (SSSR count). The maximum atomic E-state index is 4.08. The van der Waals surface area contributed by atoms with Gasteiger partial charge in [0.15, 0.2) is 0 Å². The minimum atomic E-state index is 0.736. The first-order valence-electron chi connectivity index (χ1n) is 9.15. The van der Waals surface area contributed by atoms with Crippen molar-refractivity contribution in [1.29, 1.82) is 0 Å². The molecule has 0 amide bonds. The summed E-state index contributed by atoms with van der Waals surface area (Å²) in [6.45, 7) is 8.78. The third-order valence-electron chi connectivity index (χ3n) is 6.86. The van der Waals surface area contributed by atoms with Crippen molar-refractivity contribution in [2.75, 3.05) is 19.6 Å². The molecule has 0 aromatic heterocycles. The number of hydrogen-bond donors (Lipinski definition) is 1. The molecular weight excluding hydrogens is 244 g/mol. The van der Waals surface area contributed by atoms with E-state index in [9.17, 15) is 0 Å². The van der Waals surface area contributed by atoms with Crippen LogP contribution in [0, 0.1) is 23.2 Å². The largest absolute Gasteiger partial charge is 0.313 e. The predicted molar refractivity (Wildman–Crippen MR) is 83.7 cm³/mol. The SMILES string of the molecule is CC(C)N1CC2CCCC(C1)C2NCC1(C2CC2)CC1. The van der Waals surface area contributed by atoms with Gasteiger partial charge in [-0.3, -0.25) is 0 Å². The number of nitrogens with zero attached hydrogens (tertiary/aromatic N) is 1. The van der Waals surface area contributed by atoms with Gasteiger partial charge in [-0.2, -0.15) is 0 Å². The van der Waals surface area contributed by atoms with Gasteiger partial charge in [0.1, 0.15) is 0 Å². The van der Waals surface area contributed by atoms with Gasteiger partial charge in [-0.15, -0.1) is 0 Å². The average Bonchev–Trinajstić information content (AvgIpc) is 3.26. The highest BCUT2D eigenvalue weighted by atomic mass is 15.2. The van der Waals surface area contributed by atoms with Crippen LogP contribution in [0.25, 0.3) is 0 Å². The molecule has 2 bridgehead atoms. The first-order valence-corrected chi connectivity index (χ1v) is 9.15. The van der Waals surface area contributed by atoms with Gasteiger partial charge >= 0.3 is 0 Å². The van der Waals surface area contributed by atoms with E-state index in [-0.39, 0.29) is 0 Å². The van der Waals surface area contributed by atoms with Crippen LogP contribution < -0.4 is 5.32 Å². The number of rotatable bonds is 5. The summed E-state index contributed by atoms with van der Waals surface area (Å²) in [4.78, 5) is 2.74. The lowest BCUT2D eigenvalue weighted by molar-refractivity contribution is 0.0272. The molecule has 0 aromatic carbocycles. The van der Waals surface area contributed by atoms with Gasteiger partial charge in [-0.05, 0) is 75.5 Å². The Morgan fingerprint density at radius 3 is 2.20 bits per heavy atom. The van der Waals surface area contributed by atoms with Crippen molar-refractivity contribution < 1.29 is 0 Å². The van der Waals surface area contributed by atoms with Gasteiger partial charge in [0.05, 0.1) is 0 Å². The van der Waals surface area contributed by atoms with Gasteiger partial charge in [0.2, 0.25) is 0 Å². The molecule has 2 unspecified atom stereocenters. The zero-order valence-corrected chi connectivity index (χ0v) is 13.4.